The standard InChI is InChI=1S/C21H19ClF2N4O4/c22-10-1-2-15-11(3-10)14(29)4-16(32-15)19(31)28-21-7-20(8-21,9-21)27-18(30)13-6-25-12(5-26-13)17(23)24/h1-3,5-6,14,16-17,29H,4,7-9H2,(H,27,30)(H,28,31). The maximum Gasteiger partial charge on any atom is 0.281 e. The van der Waals surface area contributed by atoms with Crippen LogP contribution in [0.2, 0.25) is 5.02 Å². The van der Waals surface area contributed by atoms with Gasteiger partial charge in [0.1, 0.15) is 17.1 Å². The van der Waals surface area contributed by atoms with Crippen LogP contribution in [0.25, 0.3) is 0 Å². The van der Waals surface area contributed by atoms with Gasteiger partial charge in [-0.15, -0.1) is 0 Å². The van der Waals surface area contributed by atoms with Gasteiger partial charge in [-0.2, -0.15) is 0 Å². The van der Waals surface area contributed by atoms with Crippen LogP contribution < -0.4 is 15.4 Å². The van der Waals surface area contributed by atoms with E-state index >= 15 is 0 Å². The lowest BCUT2D eigenvalue weighted by atomic mass is 9.44. The van der Waals surface area contributed by atoms with Crippen LogP contribution >= 0.6 is 11.6 Å². The molecule has 3 saturated carbocycles. The molecule has 0 radical (unpaired) electrons. The molecule has 11 heteroatoms. The number of benzene rings is 1. The summed E-state index contributed by atoms with van der Waals surface area (Å²) in [4.78, 5) is 32.4. The van der Waals surface area contributed by atoms with Crippen molar-refractivity contribution in [3.8, 4) is 5.75 Å². The Hall–Kier alpha value is -2.85. The molecule has 8 nitrogen and oxygen atoms in total. The van der Waals surface area contributed by atoms with Crippen molar-refractivity contribution in [2.45, 2.75) is 55.4 Å². The summed E-state index contributed by atoms with van der Waals surface area (Å²) < 4.78 is 30.9. The Morgan fingerprint density at radius 3 is 2.53 bits per heavy atom. The van der Waals surface area contributed by atoms with E-state index in [4.69, 9.17) is 16.3 Å². The minimum Gasteiger partial charge on any atom is -0.480 e. The van der Waals surface area contributed by atoms with Gasteiger partial charge in [-0.3, -0.25) is 14.6 Å². The fourth-order valence-electron chi connectivity index (χ4n) is 4.85. The van der Waals surface area contributed by atoms with Crippen LogP contribution in [0.3, 0.4) is 0 Å². The summed E-state index contributed by atoms with van der Waals surface area (Å²) in [6, 6.07) is 4.88. The van der Waals surface area contributed by atoms with Gasteiger partial charge >= 0.3 is 0 Å². The van der Waals surface area contributed by atoms with E-state index in [-0.39, 0.29) is 18.0 Å². The van der Waals surface area contributed by atoms with Gasteiger partial charge in [-0.25, -0.2) is 13.8 Å². The van der Waals surface area contributed by atoms with Crippen molar-refractivity contribution in [1.82, 2.24) is 20.6 Å². The highest BCUT2D eigenvalue weighted by Crippen LogP contribution is 2.60. The molecular weight excluding hydrogens is 446 g/mol. The van der Waals surface area contributed by atoms with Crippen molar-refractivity contribution in [2.75, 3.05) is 0 Å². The van der Waals surface area contributed by atoms with Crippen molar-refractivity contribution < 1.29 is 28.2 Å². The summed E-state index contributed by atoms with van der Waals surface area (Å²) in [6.45, 7) is 0. The number of carbonyl (C=O) groups excluding carboxylic acids is 2. The number of aliphatic hydroxyl groups is 1. The lowest BCUT2D eigenvalue weighted by molar-refractivity contribution is -0.147. The Labute approximate surface area is 186 Å². The number of alkyl halides is 2. The number of hydrogen-bond acceptors (Lipinski definition) is 6. The average Bonchev–Trinajstić information content (AvgIpc) is 2.71. The van der Waals surface area contributed by atoms with Gasteiger partial charge in [-0.05, 0) is 37.5 Å². The van der Waals surface area contributed by atoms with E-state index in [0.717, 1.165) is 12.4 Å². The minimum atomic E-state index is -2.75. The summed E-state index contributed by atoms with van der Waals surface area (Å²) in [5, 5.41) is 16.7. The Balaban J connectivity index is 1.15. The van der Waals surface area contributed by atoms with Crippen LogP contribution in [0, 0.1) is 0 Å². The second-order valence-corrected chi connectivity index (χ2v) is 9.14. The molecule has 32 heavy (non-hydrogen) atoms. The van der Waals surface area contributed by atoms with Gasteiger partial charge in [0.25, 0.3) is 18.2 Å². The number of carbonyl (C=O) groups is 2. The second-order valence-electron chi connectivity index (χ2n) is 8.70. The molecule has 2 heterocycles. The molecule has 1 aromatic carbocycles. The molecule has 1 aliphatic heterocycles. The van der Waals surface area contributed by atoms with Crippen molar-refractivity contribution >= 4 is 23.4 Å². The summed E-state index contributed by atoms with van der Waals surface area (Å²) in [5.41, 5.74) is -0.859. The molecule has 3 fully saturated rings. The number of nitrogens with zero attached hydrogens (tertiary/aromatic N) is 2. The van der Waals surface area contributed by atoms with E-state index in [2.05, 4.69) is 20.6 Å². The van der Waals surface area contributed by atoms with E-state index < -0.39 is 41.3 Å². The van der Waals surface area contributed by atoms with Crippen molar-refractivity contribution in [1.29, 1.82) is 0 Å². The third kappa shape index (κ3) is 3.57. The molecule has 3 N–H and O–H groups in total. The van der Waals surface area contributed by atoms with E-state index in [0.29, 0.717) is 35.6 Å². The fraction of sp³-hybridized carbons (Fsp3) is 0.429. The van der Waals surface area contributed by atoms with Crippen LogP contribution in [-0.2, 0) is 4.79 Å². The monoisotopic (exact) mass is 464 g/mol. The van der Waals surface area contributed by atoms with E-state index in [1.807, 2.05) is 0 Å². The highest BCUT2D eigenvalue weighted by molar-refractivity contribution is 6.30. The first-order chi connectivity index (χ1) is 15.2. The topological polar surface area (TPSA) is 113 Å². The smallest absolute Gasteiger partial charge is 0.281 e. The Morgan fingerprint density at radius 1 is 1.16 bits per heavy atom. The molecule has 2 amide bonds. The number of rotatable bonds is 5. The number of halogens is 3. The normalized spacial score (nSPS) is 29.8. The molecule has 1 aromatic heterocycles. The zero-order chi connectivity index (χ0) is 22.7. The number of nitrogens with one attached hydrogen (secondary N) is 2. The van der Waals surface area contributed by atoms with Crippen molar-refractivity contribution in [3.63, 3.8) is 0 Å². The Bertz CT molecular complexity index is 1080. The first kappa shape index (κ1) is 21.0. The van der Waals surface area contributed by atoms with Crippen LogP contribution in [-0.4, -0.2) is 44.1 Å². The third-order valence-corrected chi connectivity index (χ3v) is 6.49. The lowest BCUT2D eigenvalue weighted by Crippen LogP contribution is -2.84. The molecule has 3 aliphatic carbocycles. The zero-order valence-corrected chi connectivity index (χ0v) is 17.4. The predicted molar refractivity (Wildman–Crippen MR) is 107 cm³/mol. The average molecular weight is 465 g/mol. The fourth-order valence-corrected chi connectivity index (χ4v) is 5.03. The number of aromatic nitrogens is 2. The highest BCUT2D eigenvalue weighted by Gasteiger charge is 2.69. The summed E-state index contributed by atoms with van der Waals surface area (Å²) >= 11 is 5.95. The first-order valence-corrected chi connectivity index (χ1v) is 10.4. The van der Waals surface area contributed by atoms with Gasteiger partial charge in [0, 0.05) is 28.1 Å². The quantitative estimate of drug-likeness (QED) is 0.626. The molecule has 2 aromatic rings. The van der Waals surface area contributed by atoms with Crippen LogP contribution in [0.15, 0.2) is 30.6 Å². The van der Waals surface area contributed by atoms with Crippen LogP contribution in [0.1, 0.15) is 60.0 Å². The number of fused-ring (bicyclic) bond motifs is 1. The number of aliphatic hydroxyl groups excluding tert-OH is 1. The van der Waals surface area contributed by atoms with Crippen LogP contribution in [0.5, 0.6) is 5.75 Å². The van der Waals surface area contributed by atoms with E-state index in [1.54, 1.807) is 18.2 Å². The van der Waals surface area contributed by atoms with Gasteiger partial charge in [0.2, 0.25) is 0 Å². The maximum atomic E-state index is 12.7. The minimum absolute atomic E-state index is 0.0411. The number of hydrogen-bond donors (Lipinski definition) is 3. The molecule has 168 valence electrons. The predicted octanol–water partition coefficient (Wildman–Crippen LogP) is 2.47. The molecule has 4 aliphatic rings. The molecule has 2 unspecified atom stereocenters. The Kier molecular flexibility index (Phi) is 4.82. The summed E-state index contributed by atoms with van der Waals surface area (Å²) in [7, 11) is 0. The molecular formula is C21H19ClF2N4O4. The van der Waals surface area contributed by atoms with Crippen molar-refractivity contribution in [2.24, 2.45) is 0 Å². The van der Waals surface area contributed by atoms with E-state index in [9.17, 15) is 23.5 Å². The van der Waals surface area contributed by atoms with Gasteiger partial charge < -0.3 is 20.5 Å². The van der Waals surface area contributed by atoms with Gasteiger partial charge in [0.05, 0.1) is 18.5 Å². The molecule has 2 bridgehead atoms. The summed E-state index contributed by atoms with van der Waals surface area (Å²) in [6.07, 6.45) is -0.785. The maximum absolute atomic E-state index is 12.7. The zero-order valence-electron chi connectivity index (χ0n) is 16.6. The highest BCUT2D eigenvalue weighted by atomic mass is 35.5. The van der Waals surface area contributed by atoms with E-state index in [1.165, 1.54) is 0 Å². The molecule has 2 atom stereocenters. The van der Waals surface area contributed by atoms with Gasteiger partial charge in [0.15, 0.2) is 6.10 Å². The number of ether oxygens (including phenoxy) is 1. The second kappa shape index (κ2) is 7.35. The first-order valence-electron chi connectivity index (χ1n) is 10.1. The largest absolute Gasteiger partial charge is 0.480 e. The van der Waals surface area contributed by atoms with Crippen molar-refractivity contribution in [3.05, 3.63) is 52.6 Å². The number of amides is 2. The molecule has 0 spiro atoms. The third-order valence-electron chi connectivity index (χ3n) is 6.26. The molecule has 6 rings (SSSR count). The summed E-state index contributed by atoms with van der Waals surface area (Å²) in [5.74, 6) is -0.390. The molecule has 0 saturated heterocycles. The Morgan fingerprint density at radius 2 is 1.88 bits per heavy atom. The SMILES string of the molecule is O=C(NC12CC(NC(=O)C3CC(O)c4cc(Cl)ccc4O3)(C1)C2)c1cnc(C(F)F)cn1. The van der Waals surface area contributed by atoms with Gasteiger partial charge in [-0.1, -0.05) is 11.6 Å². The van der Waals surface area contributed by atoms with Crippen LogP contribution in [0.4, 0.5) is 8.78 Å². The lowest BCUT2D eigenvalue weighted by Gasteiger charge is -2.70.